The highest BCUT2D eigenvalue weighted by Gasteiger charge is 2.37. The van der Waals surface area contributed by atoms with Gasteiger partial charge in [-0.3, -0.25) is 4.79 Å². The molecule has 2 aliphatic rings. The van der Waals surface area contributed by atoms with Gasteiger partial charge in [-0.25, -0.2) is 9.07 Å². The predicted octanol–water partition coefficient (Wildman–Crippen LogP) is 3.87. The van der Waals surface area contributed by atoms with Crippen molar-refractivity contribution in [3.63, 3.8) is 0 Å². The second-order valence-electron chi connectivity index (χ2n) is 9.95. The summed E-state index contributed by atoms with van der Waals surface area (Å²) in [5, 5.41) is 23.0. The number of amides is 1. The minimum atomic E-state index is -0.897. The van der Waals surface area contributed by atoms with Crippen LogP contribution in [0.1, 0.15) is 50.0 Å². The van der Waals surface area contributed by atoms with E-state index in [0.29, 0.717) is 38.4 Å². The number of piperidine rings is 1. The van der Waals surface area contributed by atoms with Gasteiger partial charge in [0, 0.05) is 49.4 Å². The van der Waals surface area contributed by atoms with Gasteiger partial charge in [0.25, 0.3) is 0 Å². The van der Waals surface area contributed by atoms with Gasteiger partial charge in [-0.05, 0) is 75.8 Å². The van der Waals surface area contributed by atoms with Crippen LogP contribution in [0.3, 0.4) is 0 Å². The molecule has 1 saturated carbocycles. The molecule has 5 rings (SSSR count). The number of aliphatic hydroxyl groups is 1. The number of likely N-dealkylation sites (tertiary alicyclic amines) is 1. The van der Waals surface area contributed by atoms with Crippen molar-refractivity contribution in [2.24, 2.45) is 5.92 Å². The van der Waals surface area contributed by atoms with Gasteiger partial charge in [0.15, 0.2) is 5.82 Å². The highest BCUT2D eigenvalue weighted by Crippen LogP contribution is 2.32. The number of hydrogen-bond donors (Lipinski definition) is 2. The van der Waals surface area contributed by atoms with Crippen LogP contribution >= 0.6 is 0 Å². The first kappa shape index (κ1) is 23.5. The highest BCUT2D eigenvalue weighted by atomic mass is 19.1. The summed E-state index contributed by atoms with van der Waals surface area (Å²) in [6.07, 6.45) is 6.72. The molecule has 1 saturated heterocycles. The molecule has 0 unspecified atom stereocenters. The molecule has 0 bridgehead atoms. The van der Waals surface area contributed by atoms with Crippen LogP contribution in [0, 0.1) is 18.7 Å². The Morgan fingerprint density at radius 1 is 1.17 bits per heavy atom. The van der Waals surface area contributed by atoms with Gasteiger partial charge in [0.05, 0.1) is 11.3 Å². The summed E-state index contributed by atoms with van der Waals surface area (Å²) < 4.78 is 20.1. The summed E-state index contributed by atoms with van der Waals surface area (Å²) in [5.74, 6) is 1.49. The van der Waals surface area contributed by atoms with Gasteiger partial charge in [-0.1, -0.05) is 5.16 Å². The van der Waals surface area contributed by atoms with Crippen LogP contribution in [0.25, 0.3) is 5.69 Å². The molecule has 1 aliphatic heterocycles. The number of carbonyl (C=O) groups excluding carboxylic acids is 1. The molecule has 0 atom stereocenters. The fraction of sp³-hybridized carbons (Fsp3) is 0.500. The Morgan fingerprint density at radius 3 is 2.54 bits per heavy atom. The average Bonchev–Trinajstić information content (AvgIpc) is 3.48. The molecule has 1 aliphatic carbocycles. The Hall–Kier alpha value is -3.20. The minimum absolute atomic E-state index is 0.0400. The molecule has 1 amide bonds. The molecule has 2 aromatic heterocycles. The Bertz CT molecular complexity index is 1140. The summed E-state index contributed by atoms with van der Waals surface area (Å²) >= 11 is 0. The Balaban J connectivity index is 1.12. The molecule has 1 aromatic carbocycles. The van der Waals surface area contributed by atoms with Crippen LogP contribution in [-0.4, -0.2) is 55.6 Å². The molecule has 9 heteroatoms. The third-order valence-electron chi connectivity index (χ3n) is 7.36. The van der Waals surface area contributed by atoms with E-state index < -0.39 is 5.60 Å². The smallest absolute Gasteiger partial charge is 0.225 e. The van der Waals surface area contributed by atoms with Gasteiger partial charge in [-0.15, -0.1) is 0 Å². The topological polar surface area (TPSA) is 96.4 Å². The standard InChI is InChI=1S/C26H32FN5O3/c1-18-16-24(30-35-18)29-21-6-2-19(3-7-21)25(33)31-14-11-26(34,12-15-31)17-23-10-13-28-32(23)22-8-4-20(27)5-9-22/h4-5,8-10,13,16,19,21,34H,2-3,6-7,11-12,14-15,17H2,1H3,(H,29,30). The van der Waals surface area contributed by atoms with Crippen molar-refractivity contribution in [3.8, 4) is 5.69 Å². The van der Waals surface area contributed by atoms with Crippen molar-refractivity contribution in [1.82, 2.24) is 19.8 Å². The van der Waals surface area contributed by atoms with E-state index in [1.54, 1.807) is 23.0 Å². The highest BCUT2D eigenvalue weighted by molar-refractivity contribution is 5.79. The molecule has 8 nitrogen and oxygen atoms in total. The van der Waals surface area contributed by atoms with Gasteiger partial charge < -0.3 is 19.8 Å². The Labute approximate surface area is 204 Å². The first-order chi connectivity index (χ1) is 16.9. The summed E-state index contributed by atoms with van der Waals surface area (Å²) in [7, 11) is 0. The summed E-state index contributed by atoms with van der Waals surface area (Å²) in [6, 6.07) is 10.2. The van der Waals surface area contributed by atoms with E-state index in [0.717, 1.165) is 48.6 Å². The van der Waals surface area contributed by atoms with Crippen LogP contribution < -0.4 is 5.32 Å². The molecule has 0 radical (unpaired) electrons. The molecule has 2 fully saturated rings. The lowest BCUT2D eigenvalue weighted by molar-refractivity contribution is -0.140. The average molecular weight is 482 g/mol. The van der Waals surface area contributed by atoms with Crippen molar-refractivity contribution in [3.05, 3.63) is 59.9 Å². The third-order valence-corrected chi connectivity index (χ3v) is 7.36. The van der Waals surface area contributed by atoms with Gasteiger partial charge >= 0.3 is 0 Å². The maximum atomic E-state index is 13.3. The van der Waals surface area contributed by atoms with Gasteiger partial charge in [-0.2, -0.15) is 5.10 Å². The molecule has 3 aromatic rings. The van der Waals surface area contributed by atoms with Crippen molar-refractivity contribution in [1.29, 1.82) is 0 Å². The van der Waals surface area contributed by atoms with E-state index in [9.17, 15) is 14.3 Å². The number of aromatic nitrogens is 3. The SMILES string of the molecule is Cc1cc(NC2CCC(C(=O)N3CCC(O)(Cc4ccnn4-c4ccc(F)cc4)CC3)CC2)no1. The third kappa shape index (κ3) is 5.40. The molecule has 0 spiro atoms. The van der Waals surface area contributed by atoms with Gasteiger partial charge in [0.2, 0.25) is 5.91 Å². The van der Waals surface area contributed by atoms with Crippen LogP contribution in [0.4, 0.5) is 10.2 Å². The fourth-order valence-electron chi connectivity index (χ4n) is 5.32. The number of hydrogen-bond acceptors (Lipinski definition) is 6. The minimum Gasteiger partial charge on any atom is -0.389 e. The van der Waals surface area contributed by atoms with Crippen LogP contribution in [0.15, 0.2) is 47.1 Å². The van der Waals surface area contributed by atoms with Crippen molar-refractivity contribution >= 4 is 11.7 Å². The predicted molar refractivity (Wildman–Crippen MR) is 129 cm³/mol. The zero-order valence-corrected chi connectivity index (χ0v) is 20.0. The molecule has 2 N–H and O–H groups in total. The number of nitrogens with zero attached hydrogens (tertiary/aromatic N) is 4. The lowest BCUT2D eigenvalue weighted by Gasteiger charge is -2.40. The molecule has 3 heterocycles. The zero-order valence-electron chi connectivity index (χ0n) is 20.0. The normalized spacial score (nSPS) is 22.2. The first-order valence-corrected chi connectivity index (χ1v) is 12.4. The summed E-state index contributed by atoms with van der Waals surface area (Å²) in [5.41, 5.74) is 0.727. The number of nitrogens with one attached hydrogen (secondary N) is 1. The van der Waals surface area contributed by atoms with Crippen LogP contribution in [-0.2, 0) is 11.2 Å². The van der Waals surface area contributed by atoms with E-state index in [1.165, 1.54) is 12.1 Å². The number of rotatable bonds is 6. The first-order valence-electron chi connectivity index (χ1n) is 12.4. The fourth-order valence-corrected chi connectivity index (χ4v) is 5.32. The van der Waals surface area contributed by atoms with E-state index >= 15 is 0 Å². The van der Waals surface area contributed by atoms with E-state index in [-0.39, 0.29) is 17.6 Å². The molecule has 35 heavy (non-hydrogen) atoms. The number of anilines is 1. The number of carbonyl (C=O) groups is 1. The monoisotopic (exact) mass is 481 g/mol. The Kier molecular flexibility index (Phi) is 6.60. The molecular weight excluding hydrogens is 449 g/mol. The number of aryl methyl sites for hydroxylation is 1. The second-order valence-corrected chi connectivity index (χ2v) is 9.95. The number of halogens is 1. The van der Waals surface area contributed by atoms with Crippen LogP contribution in [0.2, 0.25) is 0 Å². The molecular formula is C26H32FN5O3. The zero-order chi connectivity index (χ0) is 24.4. The molecule has 186 valence electrons. The largest absolute Gasteiger partial charge is 0.389 e. The van der Waals surface area contributed by atoms with Gasteiger partial charge in [0.1, 0.15) is 11.6 Å². The number of benzene rings is 1. The van der Waals surface area contributed by atoms with E-state index in [1.807, 2.05) is 24.0 Å². The summed E-state index contributed by atoms with van der Waals surface area (Å²) in [6.45, 7) is 2.97. The second kappa shape index (κ2) is 9.81. The maximum absolute atomic E-state index is 13.3. The Morgan fingerprint density at radius 2 is 1.89 bits per heavy atom. The maximum Gasteiger partial charge on any atom is 0.225 e. The van der Waals surface area contributed by atoms with Crippen molar-refractivity contribution in [2.75, 3.05) is 18.4 Å². The van der Waals surface area contributed by atoms with Crippen molar-refractivity contribution < 1.29 is 18.8 Å². The van der Waals surface area contributed by atoms with Crippen molar-refractivity contribution in [2.45, 2.75) is 63.5 Å². The van der Waals surface area contributed by atoms with E-state index in [2.05, 4.69) is 15.6 Å². The van der Waals surface area contributed by atoms with E-state index in [4.69, 9.17) is 4.52 Å². The lowest BCUT2D eigenvalue weighted by Crippen LogP contribution is -2.50. The summed E-state index contributed by atoms with van der Waals surface area (Å²) in [4.78, 5) is 15.1. The quantitative estimate of drug-likeness (QED) is 0.555. The lowest BCUT2D eigenvalue weighted by atomic mass is 9.83. The van der Waals surface area contributed by atoms with Crippen LogP contribution in [0.5, 0.6) is 0 Å².